The molecule has 1 fully saturated rings. The fourth-order valence-corrected chi connectivity index (χ4v) is 3.79. The van der Waals surface area contributed by atoms with Crippen molar-refractivity contribution in [1.29, 1.82) is 0 Å². The van der Waals surface area contributed by atoms with Crippen molar-refractivity contribution in [2.24, 2.45) is 0 Å². The van der Waals surface area contributed by atoms with Crippen LogP contribution in [0.1, 0.15) is 24.0 Å². The maximum Gasteiger partial charge on any atom is 0.239 e. The van der Waals surface area contributed by atoms with Gasteiger partial charge in [-0.3, -0.25) is 14.5 Å². The molecule has 1 heterocycles. The molecule has 31 heavy (non-hydrogen) atoms. The Balaban J connectivity index is 1.18. The number of unbranched alkanes of at least 4 members (excludes halogenated alkanes) is 1. The van der Waals surface area contributed by atoms with Crippen LogP contribution >= 0.6 is 0 Å². The van der Waals surface area contributed by atoms with Gasteiger partial charge in [0.2, 0.25) is 11.8 Å². The molecular weight excluding hydrogens is 388 g/mol. The summed E-state index contributed by atoms with van der Waals surface area (Å²) >= 11 is 0. The lowest BCUT2D eigenvalue weighted by atomic mass is 10.1. The highest BCUT2D eigenvalue weighted by molar-refractivity contribution is 5.85. The van der Waals surface area contributed by atoms with Gasteiger partial charge in [0.25, 0.3) is 0 Å². The van der Waals surface area contributed by atoms with Gasteiger partial charge in [-0.05, 0) is 30.5 Å². The Morgan fingerprint density at radius 3 is 2.00 bits per heavy atom. The number of amides is 2. The Morgan fingerprint density at radius 2 is 1.32 bits per heavy atom. The molecule has 1 aliphatic heterocycles. The van der Waals surface area contributed by atoms with Crippen molar-refractivity contribution in [2.75, 3.05) is 45.8 Å². The highest BCUT2D eigenvalue weighted by Crippen LogP contribution is 2.09. The predicted octanol–water partition coefficient (Wildman–Crippen LogP) is 2.06. The third kappa shape index (κ3) is 8.90. The maximum absolute atomic E-state index is 11.9. The fourth-order valence-electron chi connectivity index (χ4n) is 3.79. The third-order valence-corrected chi connectivity index (χ3v) is 5.59. The van der Waals surface area contributed by atoms with Gasteiger partial charge in [0.15, 0.2) is 0 Å². The number of carbonyl (C=O) groups is 2. The molecule has 0 atom stereocenters. The molecule has 1 saturated heterocycles. The average molecular weight is 423 g/mol. The van der Waals surface area contributed by atoms with E-state index in [9.17, 15) is 9.59 Å². The number of hydrogen-bond donors (Lipinski definition) is 2. The Kier molecular flexibility index (Phi) is 9.54. The second-order valence-electron chi connectivity index (χ2n) is 8.10. The lowest BCUT2D eigenvalue weighted by Crippen LogP contribution is -2.46. The van der Waals surface area contributed by atoms with E-state index in [4.69, 9.17) is 0 Å². The number of hydrogen-bond acceptors (Lipinski definition) is 4. The van der Waals surface area contributed by atoms with Crippen molar-refractivity contribution in [1.82, 2.24) is 20.4 Å². The summed E-state index contributed by atoms with van der Waals surface area (Å²) in [6, 6.07) is 20.2. The third-order valence-electron chi connectivity index (χ3n) is 5.59. The first kappa shape index (κ1) is 23.0. The molecule has 0 spiro atoms. The summed E-state index contributed by atoms with van der Waals surface area (Å²) in [5, 5.41) is 5.57. The number of rotatable bonds is 11. The molecular formula is C25H34N4O2. The van der Waals surface area contributed by atoms with Crippen molar-refractivity contribution >= 4 is 11.8 Å². The van der Waals surface area contributed by atoms with Crippen molar-refractivity contribution in [2.45, 2.75) is 25.8 Å². The zero-order valence-corrected chi connectivity index (χ0v) is 18.3. The van der Waals surface area contributed by atoms with Crippen LogP contribution in [-0.2, 0) is 22.6 Å². The second kappa shape index (κ2) is 12.9. The van der Waals surface area contributed by atoms with Gasteiger partial charge in [-0.25, -0.2) is 0 Å². The van der Waals surface area contributed by atoms with Gasteiger partial charge < -0.3 is 15.5 Å². The van der Waals surface area contributed by atoms with Crippen LogP contribution in [0.15, 0.2) is 60.7 Å². The highest BCUT2D eigenvalue weighted by Gasteiger charge is 2.16. The minimum absolute atomic E-state index is 0.0367. The molecule has 0 aliphatic carbocycles. The molecule has 166 valence electrons. The minimum Gasteiger partial charge on any atom is -0.355 e. The van der Waals surface area contributed by atoms with Gasteiger partial charge in [0.1, 0.15) is 0 Å². The number of nitrogens with one attached hydrogen (secondary N) is 2. The van der Waals surface area contributed by atoms with E-state index < -0.39 is 0 Å². The summed E-state index contributed by atoms with van der Waals surface area (Å²) in [5.74, 6) is -0.260. The summed E-state index contributed by atoms with van der Waals surface area (Å²) in [5.41, 5.74) is 2.32. The molecule has 2 N–H and O–H groups in total. The SMILES string of the molecule is O=C(CNC(=O)Cc1ccccc1)NCCCCN1CCN(Cc2ccccc2)CC1. The van der Waals surface area contributed by atoms with Crippen LogP contribution < -0.4 is 10.6 Å². The molecule has 0 saturated carbocycles. The largest absolute Gasteiger partial charge is 0.355 e. The number of piperazine rings is 1. The predicted molar refractivity (Wildman–Crippen MR) is 124 cm³/mol. The fraction of sp³-hybridized carbons (Fsp3) is 0.440. The molecule has 0 unspecified atom stereocenters. The van der Waals surface area contributed by atoms with E-state index in [0.29, 0.717) is 13.0 Å². The molecule has 0 aromatic heterocycles. The molecule has 0 bridgehead atoms. The molecule has 3 rings (SSSR count). The maximum atomic E-state index is 11.9. The van der Waals surface area contributed by atoms with Crippen LogP contribution in [0.5, 0.6) is 0 Å². The van der Waals surface area contributed by atoms with Crippen LogP contribution in [0, 0.1) is 0 Å². The Morgan fingerprint density at radius 1 is 0.710 bits per heavy atom. The molecule has 0 radical (unpaired) electrons. The van der Waals surface area contributed by atoms with Crippen LogP contribution in [0.25, 0.3) is 0 Å². The molecule has 1 aliphatic rings. The monoisotopic (exact) mass is 422 g/mol. The normalized spacial score (nSPS) is 14.8. The molecule has 2 aromatic rings. The van der Waals surface area contributed by atoms with Crippen LogP contribution in [-0.4, -0.2) is 67.4 Å². The highest BCUT2D eigenvalue weighted by atomic mass is 16.2. The van der Waals surface area contributed by atoms with Crippen molar-refractivity contribution < 1.29 is 9.59 Å². The lowest BCUT2D eigenvalue weighted by molar-refractivity contribution is -0.125. The summed E-state index contributed by atoms with van der Waals surface area (Å²) in [6.45, 7) is 7.21. The second-order valence-corrected chi connectivity index (χ2v) is 8.10. The van der Waals surface area contributed by atoms with E-state index in [2.05, 4.69) is 50.8 Å². The Labute approximate surface area is 185 Å². The van der Waals surface area contributed by atoms with Crippen molar-refractivity contribution in [3.05, 3.63) is 71.8 Å². The Bertz CT molecular complexity index is 790. The zero-order valence-electron chi connectivity index (χ0n) is 18.3. The van der Waals surface area contributed by atoms with E-state index in [1.807, 2.05) is 30.3 Å². The Hall–Kier alpha value is -2.70. The summed E-state index contributed by atoms with van der Waals surface area (Å²) < 4.78 is 0. The quantitative estimate of drug-likeness (QED) is 0.544. The van der Waals surface area contributed by atoms with Crippen molar-refractivity contribution in [3.8, 4) is 0 Å². The molecule has 2 amide bonds. The first-order valence-electron chi connectivity index (χ1n) is 11.2. The van der Waals surface area contributed by atoms with E-state index in [-0.39, 0.29) is 18.4 Å². The smallest absolute Gasteiger partial charge is 0.239 e. The van der Waals surface area contributed by atoms with Gasteiger partial charge in [-0.1, -0.05) is 60.7 Å². The number of nitrogens with zero attached hydrogens (tertiary/aromatic N) is 2. The van der Waals surface area contributed by atoms with Gasteiger partial charge in [-0.2, -0.15) is 0 Å². The number of carbonyl (C=O) groups excluding carboxylic acids is 2. The van der Waals surface area contributed by atoms with Gasteiger partial charge in [0.05, 0.1) is 13.0 Å². The van der Waals surface area contributed by atoms with E-state index in [1.165, 1.54) is 5.56 Å². The lowest BCUT2D eigenvalue weighted by Gasteiger charge is -2.34. The van der Waals surface area contributed by atoms with Gasteiger partial charge in [-0.15, -0.1) is 0 Å². The molecule has 2 aromatic carbocycles. The topological polar surface area (TPSA) is 64.7 Å². The summed E-state index contributed by atoms with van der Waals surface area (Å²) in [7, 11) is 0. The molecule has 6 nitrogen and oxygen atoms in total. The summed E-state index contributed by atoms with van der Waals surface area (Å²) in [6.07, 6.45) is 2.32. The first-order valence-corrected chi connectivity index (χ1v) is 11.2. The van der Waals surface area contributed by atoms with Crippen molar-refractivity contribution in [3.63, 3.8) is 0 Å². The standard InChI is InChI=1S/C25H34N4O2/c30-24(19-22-9-3-1-4-10-22)27-20-25(31)26-13-7-8-14-28-15-17-29(18-16-28)21-23-11-5-2-6-12-23/h1-6,9-12H,7-8,13-21H2,(H,26,31)(H,27,30). The average Bonchev–Trinajstić information content (AvgIpc) is 2.80. The van der Waals surface area contributed by atoms with Crippen LogP contribution in [0.3, 0.4) is 0 Å². The van der Waals surface area contributed by atoms with E-state index >= 15 is 0 Å². The minimum atomic E-state index is -0.132. The van der Waals surface area contributed by atoms with E-state index in [1.54, 1.807) is 0 Å². The van der Waals surface area contributed by atoms with E-state index in [0.717, 1.165) is 57.7 Å². The van der Waals surface area contributed by atoms with Gasteiger partial charge in [0, 0.05) is 39.3 Å². The number of benzene rings is 2. The zero-order chi connectivity index (χ0) is 21.7. The first-order chi connectivity index (χ1) is 15.2. The van der Waals surface area contributed by atoms with Gasteiger partial charge >= 0.3 is 0 Å². The molecule has 6 heteroatoms. The summed E-state index contributed by atoms with van der Waals surface area (Å²) in [4.78, 5) is 28.8. The van der Waals surface area contributed by atoms with Crippen LogP contribution in [0.4, 0.5) is 0 Å². The van der Waals surface area contributed by atoms with Crippen LogP contribution in [0.2, 0.25) is 0 Å².